The molecule has 2 aromatic rings. The van der Waals surface area contributed by atoms with Gasteiger partial charge in [0.05, 0.1) is 11.3 Å². The van der Waals surface area contributed by atoms with Crippen LogP contribution in [0.3, 0.4) is 0 Å². The third-order valence-corrected chi connectivity index (χ3v) is 3.35. The Labute approximate surface area is 122 Å². The minimum Gasteiger partial charge on any atom is -0.744 e. The fourth-order valence-electron chi connectivity index (χ4n) is 1.71. The van der Waals surface area contributed by atoms with Crippen LogP contribution in [-0.4, -0.2) is 24.0 Å². The quantitative estimate of drug-likeness (QED) is 0.535. The number of hydrogen-bond acceptors (Lipinski definition) is 4. The third-order valence-electron chi connectivity index (χ3n) is 2.52. The van der Waals surface area contributed by atoms with E-state index in [1.54, 1.807) is 18.2 Å². The van der Waals surface area contributed by atoms with Crippen molar-refractivity contribution in [3.8, 4) is 0 Å². The van der Waals surface area contributed by atoms with E-state index in [1.165, 1.54) is 18.2 Å². The zero-order valence-electron chi connectivity index (χ0n) is 10.2. The predicted molar refractivity (Wildman–Crippen MR) is 63.3 cm³/mol. The minimum absolute atomic E-state index is 0. The second-order valence-corrected chi connectivity index (χ2v) is 5.25. The Morgan fingerprint density at radius 3 is 2.26 bits per heavy atom. The molecule has 0 bridgehead atoms. The van der Waals surface area contributed by atoms with Crippen LogP contribution < -0.4 is 18.9 Å². The number of rotatable bonds is 3. The molecule has 19 heavy (non-hydrogen) atoms. The number of fused-ring (bicyclic) bond motifs is 1. The standard InChI is InChI=1S/C12H10O5S.Li/c13-12(14)6-8-1-2-10-7-11(18(15,16)17)4-3-9(10)5-8;/h1-5,7H,6H2,(H,13,14)(H,15,16,17);/q;+1/p-1. The number of benzene rings is 2. The summed E-state index contributed by atoms with van der Waals surface area (Å²) in [4.78, 5) is 10.3. The molecule has 2 rings (SSSR count). The average Bonchev–Trinajstić information content (AvgIpc) is 2.26. The van der Waals surface area contributed by atoms with Gasteiger partial charge in [0, 0.05) is 0 Å². The summed E-state index contributed by atoms with van der Waals surface area (Å²) >= 11 is 0. The molecule has 0 saturated carbocycles. The van der Waals surface area contributed by atoms with E-state index < -0.39 is 16.1 Å². The van der Waals surface area contributed by atoms with E-state index in [2.05, 4.69) is 0 Å². The summed E-state index contributed by atoms with van der Waals surface area (Å²) in [5.74, 6) is -0.937. The van der Waals surface area contributed by atoms with E-state index in [4.69, 9.17) is 5.11 Å². The van der Waals surface area contributed by atoms with Crippen LogP contribution in [0.2, 0.25) is 0 Å². The monoisotopic (exact) mass is 272 g/mol. The fraction of sp³-hybridized carbons (Fsp3) is 0.0833. The van der Waals surface area contributed by atoms with Crippen LogP contribution in [0.5, 0.6) is 0 Å². The first-order chi connectivity index (χ1) is 8.36. The topological polar surface area (TPSA) is 94.5 Å². The summed E-state index contributed by atoms with van der Waals surface area (Å²) in [5.41, 5.74) is 0.618. The first kappa shape index (κ1) is 15.7. The van der Waals surface area contributed by atoms with Crippen molar-refractivity contribution in [3.63, 3.8) is 0 Å². The molecule has 0 amide bonds. The van der Waals surface area contributed by atoms with Crippen molar-refractivity contribution in [1.29, 1.82) is 0 Å². The van der Waals surface area contributed by atoms with Gasteiger partial charge in [0.25, 0.3) is 0 Å². The smallest absolute Gasteiger partial charge is 0.744 e. The maximum atomic E-state index is 10.9. The largest absolute Gasteiger partial charge is 1.00 e. The molecule has 0 fully saturated rings. The third kappa shape index (κ3) is 3.82. The van der Waals surface area contributed by atoms with Crippen LogP contribution in [0.4, 0.5) is 0 Å². The van der Waals surface area contributed by atoms with E-state index in [9.17, 15) is 17.8 Å². The van der Waals surface area contributed by atoms with Crippen molar-refractivity contribution in [2.45, 2.75) is 11.3 Å². The molecule has 0 saturated heterocycles. The normalized spacial score (nSPS) is 11.0. The summed E-state index contributed by atoms with van der Waals surface area (Å²) in [6, 6.07) is 8.84. The molecule has 0 radical (unpaired) electrons. The average molecular weight is 272 g/mol. The summed E-state index contributed by atoms with van der Waals surface area (Å²) < 4.78 is 32.6. The minimum atomic E-state index is -4.47. The molecule has 0 aromatic heterocycles. The van der Waals surface area contributed by atoms with Gasteiger partial charge in [-0.15, -0.1) is 0 Å². The van der Waals surface area contributed by atoms with Gasteiger partial charge in [-0.2, -0.15) is 0 Å². The van der Waals surface area contributed by atoms with E-state index in [0.717, 1.165) is 0 Å². The number of hydrogen-bond donors (Lipinski definition) is 1. The Balaban J connectivity index is 0.00000180. The van der Waals surface area contributed by atoms with Gasteiger partial charge in [-0.25, -0.2) is 8.42 Å². The first-order valence-corrected chi connectivity index (χ1v) is 6.47. The van der Waals surface area contributed by atoms with Gasteiger partial charge in [0.1, 0.15) is 10.1 Å². The second kappa shape index (κ2) is 5.76. The SMILES string of the molecule is O=C(O)Cc1ccc2cc(S(=O)(=O)[O-])ccc2c1.[Li+]. The number of carbonyl (C=O) groups is 1. The van der Waals surface area contributed by atoms with Gasteiger partial charge < -0.3 is 9.66 Å². The molecular formula is C12H9LiO5S. The molecule has 7 heteroatoms. The van der Waals surface area contributed by atoms with Crippen LogP contribution in [0.1, 0.15) is 5.56 Å². The van der Waals surface area contributed by atoms with Gasteiger partial charge in [-0.3, -0.25) is 4.79 Å². The van der Waals surface area contributed by atoms with Crippen molar-refractivity contribution in [2.75, 3.05) is 0 Å². The number of carboxylic acid groups (broad SMARTS) is 1. The summed E-state index contributed by atoms with van der Waals surface area (Å²) in [7, 11) is -4.47. The van der Waals surface area contributed by atoms with Crippen LogP contribution in [-0.2, 0) is 21.3 Å². The van der Waals surface area contributed by atoms with Gasteiger partial charge >= 0.3 is 24.8 Å². The molecule has 0 spiro atoms. The maximum Gasteiger partial charge on any atom is 1.00 e. The summed E-state index contributed by atoms with van der Waals surface area (Å²) in [6.45, 7) is 0. The molecule has 0 heterocycles. The number of carboxylic acids is 1. The van der Waals surface area contributed by atoms with Gasteiger partial charge in [-0.05, 0) is 28.5 Å². The Hall–Kier alpha value is -1.32. The van der Waals surface area contributed by atoms with E-state index in [-0.39, 0.29) is 30.2 Å². The molecule has 0 aliphatic heterocycles. The van der Waals surface area contributed by atoms with Gasteiger partial charge in [0.2, 0.25) is 0 Å². The van der Waals surface area contributed by atoms with Gasteiger partial charge in [-0.1, -0.05) is 24.3 Å². The first-order valence-electron chi connectivity index (χ1n) is 5.07. The Morgan fingerprint density at radius 1 is 1.11 bits per heavy atom. The Morgan fingerprint density at radius 2 is 1.68 bits per heavy atom. The van der Waals surface area contributed by atoms with Crippen molar-refractivity contribution in [1.82, 2.24) is 0 Å². The zero-order chi connectivity index (χ0) is 13.3. The molecule has 0 atom stereocenters. The Kier molecular flexibility index (Phi) is 4.77. The predicted octanol–water partition coefficient (Wildman–Crippen LogP) is -1.62. The maximum absolute atomic E-state index is 10.9. The Bertz CT molecular complexity index is 724. The van der Waals surface area contributed by atoms with Crippen molar-refractivity contribution < 1.29 is 41.7 Å². The molecule has 2 aromatic carbocycles. The van der Waals surface area contributed by atoms with E-state index in [0.29, 0.717) is 16.3 Å². The van der Waals surface area contributed by atoms with Crippen molar-refractivity contribution >= 4 is 26.9 Å². The van der Waals surface area contributed by atoms with Gasteiger partial charge in [0.15, 0.2) is 0 Å². The fourth-order valence-corrected chi connectivity index (χ4v) is 2.22. The van der Waals surface area contributed by atoms with Crippen LogP contribution in [0, 0.1) is 0 Å². The summed E-state index contributed by atoms with van der Waals surface area (Å²) in [6.07, 6.45) is -0.0997. The molecule has 5 nitrogen and oxygen atoms in total. The molecule has 94 valence electrons. The van der Waals surface area contributed by atoms with Crippen molar-refractivity contribution in [2.24, 2.45) is 0 Å². The molecule has 0 unspecified atom stereocenters. The number of aliphatic carboxylic acids is 1. The molecule has 0 aliphatic carbocycles. The van der Waals surface area contributed by atoms with Crippen LogP contribution in [0.25, 0.3) is 10.8 Å². The second-order valence-electron chi connectivity index (χ2n) is 3.87. The molecule has 0 aliphatic rings. The van der Waals surface area contributed by atoms with E-state index >= 15 is 0 Å². The van der Waals surface area contributed by atoms with Crippen LogP contribution in [0.15, 0.2) is 41.3 Å². The zero-order valence-corrected chi connectivity index (χ0v) is 11.0. The summed E-state index contributed by atoms with van der Waals surface area (Å²) in [5, 5.41) is 9.95. The van der Waals surface area contributed by atoms with Crippen molar-refractivity contribution in [3.05, 3.63) is 42.0 Å². The van der Waals surface area contributed by atoms with Crippen LogP contribution >= 0.6 is 0 Å². The molecule has 1 N–H and O–H groups in total. The van der Waals surface area contributed by atoms with E-state index in [1.807, 2.05) is 0 Å². The molecular weight excluding hydrogens is 263 g/mol.